The fraction of sp³-hybridized carbons (Fsp3) is 0.459. The Morgan fingerprint density at radius 2 is 1.91 bits per heavy atom. The standard InChI is InChI=1S/C37H39IO9/c1-20(2)35-16-22(4)37-26(33(35)45-36(46-35,47-37)18-23-9-7-6-8-10-23)12-24(17-34(42)30(37)11-21(3)32(34)41)19-44-31(40)14-25-13-29(43-5)28(39)15-27(25)38/h6-13,15,22,26,30,33,39,42H,1,14,16-19H2,2-5H3/t22-,26+,30-,33-,34-,35-,36-,37-/m1/s1. The highest BCUT2D eigenvalue weighted by Gasteiger charge is 2.79. The molecule has 2 N–H and O–H groups in total. The van der Waals surface area contributed by atoms with Gasteiger partial charge in [-0.15, -0.1) is 0 Å². The van der Waals surface area contributed by atoms with Gasteiger partial charge in [-0.3, -0.25) is 9.59 Å². The van der Waals surface area contributed by atoms with Crippen molar-refractivity contribution in [3.05, 3.63) is 92.6 Å². The molecule has 2 aromatic carbocycles. The van der Waals surface area contributed by atoms with E-state index in [4.69, 9.17) is 23.7 Å². The summed E-state index contributed by atoms with van der Waals surface area (Å²) in [7, 11) is 1.44. The van der Waals surface area contributed by atoms with E-state index in [2.05, 4.69) is 36.1 Å². The number of rotatable bonds is 8. The number of esters is 1. The fourth-order valence-electron chi connectivity index (χ4n) is 8.75. The highest BCUT2D eigenvalue weighted by molar-refractivity contribution is 14.1. The van der Waals surface area contributed by atoms with Crippen molar-refractivity contribution in [1.82, 2.24) is 0 Å². The van der Waals surface area contributed by atoms with Gasteiger partial charge in [-0.05, 0) is 88.8 Å². The van der Waals surface area contributed by atoms with Crippen molar-refractivity contribution < 1.29 is 43.5 Å². The molecule has 7 rings (SSSR count). The molecule has 3 aliphatic carbocycles. The highest BCUT2D eigenvalue weighted by atomic mass is 127. The Morgan fingerprint density at radius 1 is 1.17 bits per heavy atom. The number of halogens is 1. The molecule has 2 heterocycles. The highest BCUT2D eigenvalue weighted by Crippen LogP contribution is 2.68. The zero-order valence-corrected chi connectivity index (χ0v) is 29.0. The van der Waals surface area contributed by atoms with Gasteiger partial charge < -0.3 is 33.9 Å². The van der Waals surface area contributed by atoms with Crippen molar-refractivity contribution in [1.29, 1.82) is 0 Å². The molecule has 0 unspecified atom stereocenters. The Morgan fingerprint density at radius 3 is 2.62 bits per heavy atom. The molecule has 2 aromatic rings. The predicted molar refractivity (Wildman–Crippen MR) is 179 cm³/mol. The largest absolute Gasteiger partial charge is 0.504 e. The zero-order valence-electron chi connectivity index (χ0n) is 26.9. The van der Waals surface area contributed by atoms with Gasteiger partial charge in [-0.1, -0.05) is 56.0 Å². The lowest BCUT2D eigenvalue weighted by Gasteiger charge is -2.59. The molecule has 0 amide bonds. The third-order valence-electron chi connectivity index (χ3n) is 10.8. The molecule has 0 radical (unpaired) electrons. The summed E-state index contributed by atoms with van der Waals surface area (Å²) in [6.07, 6.45) is 4.13. The third kappa shape index (κ3) is 4.85. The lowest BCUT2D eigenvalue weighted by molar-refractivity contribution is -0.421. The van der Waals surface area contributed by atoms with E-state index < -0.39 is 46.7 Å². The summed E-state index contributed by atoms with van der Waals surface area (Å²) in [5.41, 5.74) is -0.221. The molecule has 8 atom stereocenters. The van der Waals surface area contributed by atoms with Crippen LogP contribution in [-0.2, 0) is 41.4 Å². The Hall–Kier alpha value is -3.03. The van der Waals surface area contributed by atoms with Crippen LogP contribution in [0.2, 0.25) is 0 Å². The molecule has 0 aromatic heterocycles. The van der Waals surface area contributed by atoms with Crippen LogP contribution in [0.3, 0.4) is 0 Å². The molecule has 3 fully saturated rings. The van der Waals surface area contributed by atoms with E-state index in [-0.39, 0.29) is 42.6 Å². The van der Waals surface area contributed by atoms with Gasteiger partial charge in [-0.2, -0.15) is 0 Å². The number of Topliss-reactive ketones (excluding diaryl/α,β-unsaturated/α-hetero) is 1. The van der Waals surface area contributed by atoms with Crippen molar-refractivity contribution in [3.63, 3.8) is 0 Å². The maximum absolute atomic E-state index is 13.8. The van der Waals surface area contributed by atoms with E-state index in [1.807, 2.05) is 49.4 Å². The molecule has 9 nitrogen and oxygen atoms in total. The lowest BCUT2D eigenvalue weighted by Crippen LogP contribution is -2.70. The number of fused-ring (bicyclic) bond motifs is 2. The summed E-state index contributed by atoms with van der Waals surface area (Å²) >= 11 is 2.05. The van der Waals surface area contributed by atoms with Crippen LogP contribution in [0.1, 0.15) is 44.7 Å². The second-order valence-corrected chi connectivity index (χ2v) is 14.9. The van der Waals surface area contributed by atoms with Crippen LogP contribution < -0.4 is 4.74 Å². The van der Waals surface area contributed by atoms with E-state index in [1.165, 1.54) is 13.2 Å². The van der Waals surface area contributed by atoms with Crippen molar-refractivity contribution in [3.8, 4) is 11.5 Å². The van der Waals surface area contributed by atoms with Crippen LogP contribution in [-0.4, -0.2) is 64.6 Å². The maximum Gasteiger partial charge on any atom is 0.310 e. The first-order chi connectivity index (χ1) is 22.3. The van der Waals surface area contributed by atoms with Crippen LogP contribution in [0.25, 0.3) is 0 Å². The van der Waals surface area contributed by atoms with Crippen molar-refractivity contribution in [2.45, 2.75) is 75.3 Å². The summed E-state index contributed by atoms with van der Waals surface area (Å²) in [4.78, 5) is 27.0. The topological polar surface area (TPSA) is 121 Å². The SMILES string of the molecule is C=C(C)[C@]12C[C@@H](C)[C@@]34O[C@](Cc5ccccc5)(O[C@@H]1[C@@H]3C=C(COC(=O)Cc1cc(OC)c(O)cc1I)C[C@]1(O)C(=O)C(C)=C[C@@H]41)O2. The Labute approximate surface area is 287 Å². The summed E-state index contributed by atoms with van der Waals surface area (Å²) in [5.74, 6) is -3.37. The van der Waals surface area contributed by atoms with E-state index in [0.717, 1.165) is 11.1 Å². The third-order valence-corrected chi connectivity index (χ3v) is 11.8. The molecule has 5 aliphatic rings. The molecule has 0 spiro atoms. The Balaban J connectivity index is 1.27. The molecular formula is C37H39IO9. The first kappa shape index (κ1) is 32.5. The second kappa shape index (κ2) is 11.3. The average Bonchev–Trinajstić information content (AvgIpc) is 3.33. The first-order valence-electron chi connectivity index (χ1n) is 15.9. The number of hydrogen-bond donors (Lipinski definition) is 2. The fourth-order valence-corrected chi connectivity index (χ4v) is 9.39. The van der Waals surface area contributed by atoms with E-state index >= 15 is 0 Å². The monoisotopic (exact) mass is 754 g/mol. The van der Waals surface area contributed by atoms with E-state index in [1.54, 1.807) is 13.0 Å². The minimum absolute atomic E-state index is 0.0175. The number of carbonyl (C=O) groups excluding carboxylic acids is 2. The van der Waals surface area contributed by atoms with Crippen LogP contribution >= 0.6 is 22.6 Å². The number of methoxy groups -OCH3 is 1. The number of phenolic OH excluding ortho intramolecular Hbond substituents is 1. The molecule has 3 bridgehead atoms. The second-order valence-electron chi connectivity index (χ2n) is 13.8. The minimum Gasteiger partial charge on any atom is -0.504 e. The smallest absolute Gasteiger partial charge is 0.310 e. The number of aromatic hydroxyl groups is 1. The number of aliphatic hydroxyl groups is 1. The number of benzene rings is 2. The number of phenols is 1. The van der Waals surface area contributed by atoms with Gasteiger partial charge in [0.1, 0.15) is 23.9 Å². The Kier molecular flexibility index (Phi) is 7.79. The van der Waals surface area contributed by atoms with Gasteiger partial charge in [0.25, 0.3) is 5.97 Å². The van der Waals surface area contributed by atoms with Crippen molar-refractivity contribution in [2.75, 3.05) is 13.7 Å². The van der Waals surface area contributed by atoms with E-state index in [9.17, 15) is 19.8 Å². The van der Waals surface area contributed by atoms with Crippen molar-refractivity contribution in [2.24, 2.45) is 17.8 Å². The van der Waals surface area contributed by atoms with Gasteiger partial charge in [0.05, 0.1) is 25.6 Å². The van der Waals surface area contributed by atoms with Gasteiger partial charge in [0.2, 0.25) is 0 Å². The summed E-state index contributed by atoms with van der Waals surface area (Å²) in [6, 6.07) is 13.0. The first-order valence-corrected chi connectivity index (χ1v) is 17.0. The van der Waals surface area contributed by atoms with Crippen LogP contribution in [0.4, 0.5) is 0 Å². The van der Waals surface area contributed by atoms with Gasteiger partial charge >= 0.3 is 5.97 Å². The molecular weight excluding hydrogens is 715 g/mol. The van der Waals surface area contributed by atoms with Gasteiger partial charge in [0.15, 0.2) is 17.3 Å². The lowest BCUT2D eigenvalue weighted by atomic mass is 9.55. The number of ketones is 1. The quantitative estimate of drug-likeness (QED) is 0.209. The summed E-state index contributed by atoms with van der Waals surface area (Å²) in [5, 5.41) is 22.5. The van der Waals surface area contributed by atoms with Crippen LogP contribution in [0, 0.1) is 21.3 Å². The predicted octanol–water partition coefficient (Wildman–Crippen LogP) is 5.35. The minimum atomic E-state index is -1.81. The molecule has 1 saturated carbocycles. The summed E-state index contributed by atoms with van der Waals surface area (Å²) < 4.78 is 32.6. The van der Waals surface area contributed by atoms with Crippen LogP contribution in [0.5, 0.6) is 11.5 Å². The Bertz CT molecular complexity index is 1730. The molecule has 2 aliphatic heterocycles. The van der Waals surface area contributed by atoms with Gasteiger partial charge in [-0.25, -0.2) is 0 Å². The number of ether oxygens (including phenoxy) is 5. The molecule has 47 heavy (non-hydrogen) atoms. The normalized spacial score (nSPS) is 36.6. The zero-order chi connectivity index (χ0) is 33.5. The molecule has 248 valence electrons. The van der Waals surface area contributed by atoms with Crippen molar-refractivity contribution >= 4 is 34.3 Å². The van der Waals surface area contributed by atoms with Gasteiger partial charge in [0, 0.05) is 21.8 Å². The molecule has 10 heteroatoms. The maximum atomic E-state index is 13.8. The van der Waals surface area contributed by atoms with E-state index in [0.29, 0.717) is 33.1 Å². The average molecular weight is 755 g/mol. The summed E-state index contributed by atoms with van der Waals surface area (Å²) in [6.45, 7) is 9.99. The van der Waals surface area contributed by atoms with Crippen LogP contribution in [0.15, 0.2) is 77.9 Å². The molecule has 2 saturated heterocycles. The number of hydrogen-bond acceptors (Lipinski definition) is 9. The number of carbonyl (C=O) groups is 2.